The highest BCUT2D eigenvalue weighted by atomic mass is 16.3. The van der Waals surface area contributed by atoms with Crippen LogP contribution in [0.4, 0.5) is 0 Å². The number of pyridine rings is 1. The molecule has 1 heterocycles. The number of hydrogen-bond acceptors (Lipinski definition) is 7. The van der Waals surface area contributed by atoms with E-state index in [0.717, 1.165) is 0 Å². The molecule has 9 nitrogen and oxygen atoms in total. The number of hydrogen-bond donors (Lipinski definition) is 4. The predicted molar refractivity (Wildman–Crippen MR) is 93.6 cm³/mol. The van der Waals surface area contributed by atoms with Gasteiger partial charge in [0.1, 0.15) is 11.4 Å². The van der Waals surface area contributed by atoms with Crippen LogP contribution in [-0.4, -0.2) is 98.6 Å². The summed E-state index contributed by atoms with van der Waals surface area (Å²) < 4.78 is 0. The van der Waals surface area contributed by atoms with Crippen LogP contribution in [0.25, 0.3) is 0 Å². The molecule has 1 aromatic heterocycles. The number of nitrogens with zero attached hydrogens (tertiary/aromatic N) is 3. The summed E-state index contributed by atoms with van der Waals surface area (Å²) in [4.78, 5) is 31.6. The van der Waals surface area contributed by atoms with Gasteiger partial charge in [-0.25, -0.2) is 4.98 Å². The van der Waals surface area contributed by atoms with Crippen molar-refractivity contribution in [2.45, 2.75) is 24.9 Å². The van der Waals surface area contributed by atoms with E-state index in [9.17, 15) is 30.0 Å². The van der Waals surface area contributed by atoms with E-state index in [1.54, 1.807) is 0 Å². The van der Waals surface area contributed by atoms with E-state index in [0.29, 0.717) is 0 Å². The van der Waals surface area contributed by atoms with Gasteiger partial charge in [0, 0.05) is 14.1 Å². The van der Waals surface area contributed by atoms with Crippen LogP contribution in [0, 0.1) is 0 Å². The number of aliphatic hydroxyl groups is 4. The largest absolute Gasteiger partial charge is 0.394 e. The average Bonchev–Trinajstić information content (AvgIpc) is 2.70. The highest BCUT2D eigenvalue weighted by molar-refractivity contribution is 5.96. The van der Waals surface area contributed by atoms with Crippen molar-refractivity contribution < 1.29 is 30.0 Å². The number of amides is 2. The number of aliphatic hydroxyl groups excluding tert-OH is 4. The minimum Gasteiger partial charge on any atom is -0.394 e. The maximum absolute atomic E-state index is 12.6. The van der Waals surface area contributed by atoms with Gasteiger partial charge >= 0.3 is 0 Å². The second-order valence-corrected chi connectivity index (χ2v) is 6.76. The molecule has 0 aliphatic rings. The summed E-state index contributed by atoms with van der Waals surface area (Å²) in [6, 6.07) is 4.32. The predicted octanol–water partition coefficient (Wildman–Crippen LogP) is -1.29. The van der Waals surface area contributed by atoms with Gasteiger partial charge in [0.15, 0.2) is 0 Å². The van der Waals surface area contributed by atoms with Crippen molar-refractivity contribution in [3.63, 3.8) is 0 Å². The molecule has 4 N–H and O–H groups in total. The molecule has 2 amide bonds. The molecule has 0 spiro atoms. The van der Waals surface area contributed by atoms with Crippen molar-refractivity contribution in [2.24, 2.45) is 0 Å². The standard InChI is InChI=1S/C17H27N3O6/c1-16(8-21,9-22)19(3)14(25)12-6-5-7-13(18-12)15(26)20(4)17(2,10-23)11-24/h5-7,21-24H,8-11H2,1-4H3. The molecule has 146 valence electrons. The Balaban J connectivity index is 3.15. The van der Waals surface area contributed by atoms with Crippen molar-refractivity contribution in [1.29, 1.82) is 0 Å². The first kappa shape index (κ1) is 22.0. The second kappa shape index (κ2) is 8.54. The van der Waals surface area contributed by atoms with Crippen LogP contribution in [0.3, 0.4) is 0 Å². The zero-order valence-electron chi connectivity index (χ0n) is 15.5. The minimum absolute atomic E-state index is 0.0328. The lowest BCUT2D eigenvalue weighted by Gasteiger charge is -2.36. The fraction of sp³-hybridized carbons (Fsp3) is 0.588. The van der Waals surface area contributed by atoms with Crippen molar-refractivity contribution in [1.82, 2.24) is 14.8 Å². The Kier molecular flexibility index (Phi) is 7.22. The summed E-state index contributed by atoms with van der Waals surface area (Å²) in [5.74, 6) is -1.14. The van der Waals surface area contributed by atoms with Gasteiger partial charge in [-0.3, -0.25) is 9.59 Å². The second-order valence-electron chi connectivity index (χ2n) is 6.76. The number of likely N-dealkylation sites (N-methyl/N-ethyl adjacent to an activating group) is 2. The topological polar surface area (TPSA) is 134 Å². The van der Waals surface area contributed by atoms with Crippen LogP contribution >= 0.6 is 0 Å². The van der Waals surface area contributed by atoms with Crippen LogP contribution in [0.2, 0.25) is 0 Å². The molecule has 0 aromatic carbocycles. The fourth-order valence-electron chi connectivity index (χ4n) is 2.03. The molecule has 9 heteroatoms. The average molecular weight is 369 g/mol. The number of carbonyl (C=O) groups is 2. The molecule has 0 atom stereocenters. The van der Waals surface area contributed by atoms with Crippen LogP contribution in [0.5, 0.6) is 0 Å². The third-order valence-electron chi connectivity index (χ3n) is 4.78. The molecule has 0 saturated carbocycles. The number of rotatable bonds is 8. The van der Waals surface area contributed by atoms with E-state index >= 15 is 0 Å². The summed E-state index contributed by atoms with van der Waals surface area (Å²) in [5, 5.41) is 37.7. The first-order valence-electron chi connectivity index (χ1n) is 8.07. The molecule has 0 unspecified atom stereocenters. The van der Waals surface area contributed by atoms with E-state index in [1.165, 1.54) is 55.9 Å². The molecule has 0 fully saturated rings. The van der Waals surface area contributed by atoms with E-state index < -0.39 is 49.3 Å². The SMILES string of the molecule is CN(C(=O)c1cccc(C(=O)N(C)C(C)(CO)CO)n1)C(C)(CO)CO. The molecule has 1 aromatic rings. The Morgan fingerprint density at radius 3 is 1.42 bits per heavy atom. The third kappa shape index (κ3) is 4.18. The molecule has 26 heavy (non-hydrogen) atoms. The smallest absolute Gasteiger partial charge is 0.272 e. The van der Waals surface area contributed by atoms with Crippen molar-refractivity contribution in [2.75, 3.05) is 40.5 Å². The summed E-state index contributed by atoms with van der Waals surface area (Å²) >= 11 is 0. The molecular weight excluding hydrogens is 342 g/mol. The van der Waals surface area contributed by atoms with E-state index in [2.05, 4.69) is 4.98 Å². The third-order valence-corrected chi connectivity index (χ3v) is 4.78. The lowest BCUT2D eigenvalue weighted by Crippen LogP contribution is -2.53. The van der Waals surface area contributed by atoms with Gasteiger partial charge in [-0.15, -0.1) is 0 Å². The molecule has 1 rings (SSSR count). The summed E-state index contributed by atoms with van der Waals surface area (Å²) in [5.41, 5.74) is -2.42. The van der Waals surface area contributed by atoms with Gasteiger partial charge in [0.05, 0.1) is 37.5 Å². The molecule has 0 radical (unpaired) electrons. The Hall–Kier alpha value is -2.07. The van der Waals surface area contributed by atoms with Gasteiger partial charge in [0.2, 0.25) is 0 Å². The fourth-order valence-corrected chi connectivity index (χ4v) is 2.03. The van der Waals surface area contributed by atoms with Crippen molar-refractivity contribution >= 4 is 11.8 Å². The van der Waals surface area contributed by atoms with Gasteiger partial charge in [-0.05, 0) is 26.0 Å². The van der Waals surface area contributed by atoms with Crippen LogP contribution < -0.4 is 0 Å². The highest BCUT2D eigenvalue weighted by Gasteiger charge is 2.34. The zero-order chi connectivity index (χ0) is 20.1. The first-order valence-corrected chi connectivity index (χ1v) is 8.07. The van der Waals surface area contributed by atoms with Gasteiger partial charge < -0.3 is 30.2 Å². The van der Waals surface area contributed by atoms with E-state index in [-0.39, 0.29) is 11.4 Å². The van der Waals surface area contributed by atoms with Gasteiger partial charge in [-0.1, -0.05) is 6.07 Å². The zero-order valence-corrected chi connectivity index (χ0v) is 15.5. The Bertz CT molecular complexity index is 592. The van der Waals surface area contributed by atoms with Crippen LogP contribution in [0.15, 0.2) is 18.2 Å². The lowest BCUT2D eigenvalue weighted by atomic mass is 10.0. The normalized spacial score (nSPS) is 12.0. The van der Waals surface area contributed by atoms with E-state index in [1.807, 2.05) is 0 Å². The monoisotopic (exact) mass is 369 g/mol. The Morgan fingerprint density at radius 2 is 1.15 bits per heavy atom. The summed E-state index contributed by atoms with van der Waals surface area (Å²) in [6.07, 6.45) is 0. The number of aromatic nitrogens is 1. The molecular formula is C17H27N3O6. The van der Waals surface area contributed by atoms with Crippen molar-refractivity contribution in [3.05, 3.63) is 29.6 Å². The summed E-state index contributed by atoms with van der Waals surface area (Å²) in [6.45, 7) is 1.25. The quantitative estimate of drug-likeness (QED) is 0.448. The van der Waals surface area contributed by atoms with Crippen LogP contribution in [-0.2, 0) is 0 Å². The maximum atomic E-state index is 12.6. The van der Waals surface area contributed by atoms with Crippen molar-refractivity contribution in [3.8, 4) is 0 Å². The molecule has 0 aliphatic heterocycles. The maximum Gasteiger partial charge on any atom is 0.272 e. The van der Waals surface area contributed by atoms with E-state index in [4.69, 9.17) is 0 Å². The molecule has 0 bridgehead atoms. The highest BCUT2D eigenvalue weighted by Crippen LogP contribution is 2.17. The summed E-state index contributed by atoms with van der Waals surface area (Å²) in [7, 11) is 2.84. The Morgan fingerprint density at radius 1 is 0.846 bits per heavy atom. The van der Waals surface area contributed by atoms with Crippen LogP contribution in [0.1, 0.15) is 34.8 Å². The van der Waals surface area contributed by atoms with Gasteiger partial charge in [-0.2, -0.15) is 0 Å². The Labute approximate surface area is 152 Å². The first-order chi connectivity index (χ1) is 12.1. The van der Waals surface area contributed by atoms with Gasteiger partial charge in [0.25, 0.3) is 11.8 Å². The lowest BCUT2D eigenvalue weighted by molar-refractivity contribution is 0.0137. The molecule has 0 aliphatic carbocycles. The molecule has 0 saturated heterocycles. The minimum atomic E-state index is -1.18. The number of carbonyl (C=O) groups excluding carboxylic acids is 2.